The molecular weight excluding hydrogens is 508 g/mol. The maximum Gasteiger partial charge on any atom is 0.287 e. The van der Waals surface area contributed by atoms with Crippen LogP contribution in [0.3, 0.4) is 0 Å². The summed E-state index contributed by atoms with van der Waals surface area (Å²) in [6.07, 6.45) is 8.31. The van der Waals surface area contributed by atoms with Gasteiger partial charge in [0, 0.05) is 5.39 Å². The summed E-state index contributed by atoms with van der Waals surface area (Å²) in [6.45, 7) is 0. The molecule has 2 aromatic carbocycles. The highest BCUT2D eigenvalue weighted by Gasteiger charge is 2.49. The van der Waals surface area contributed by atoms with Crippen molar-refractivity contribution in [2.75, 3.05) is 12.4 Å². The van der Waals surface area contributed by atoms with Gasteiger partial charge in [0.05, 0.1) is 25.2 Å². The van der Waals surface area contributed by atoms with Crippen LogP contribution in [-0.2, 0) is 4.79 Å². The summed E-state index contributed by atoms with van der Waals surface area (Å²) < 4.78 is 11.5. The zero-order valence-corrected chi connectivity index (χ0v) is 22.4. The zero-order chi connectivity index (χ0) is 28.2. The molecule has 0 atom stereocenters. The van der Waals surface area contributed by atoms with E-state index in [1.54, 1.807) is 13.2 Å². The van der Waals surface area contributed by atoms with Gasteiger partial charge in [-0.15, -0.1) is 0 Å². The molecule has 0 unspecified atom stereocenters. The Morgan fingerprint density at radius 2 is 1.75 bits per heavy atom. The molecule has 10 heteroatoms. The molecule has 206 valence electrons. The van der Waals surface area contributed by atoms with Crippen molar-refractivity contribution in [1.29, 1.82) is 10.7 Å². The minimum atomic E-state index is -1.07. The second kappa shape index (κ2) is 11.2. The van der Waals surface area contributed by atoms with E-state index in [9.17, 15) is 14.9 Å². The molecule has 40 heavy (non-hydrogen) atoms. The van der Waals surface area contributed by atoms with Crippen molar-refractivity contribution in [3.63, 3.8) is 0 Å². The molecule has 0 spiro atoms. The first-order valence-corrected chi connectivity index (χ1v) is 13.5. The molecule has 0 bridgehead atoms. The van der Waals surface area contributed by atoms with E-state index in [2.05, 4.69) is 27.0 Å². The molecule has 2 fully saturated rings. The molecule has 4 N–H and O–H groups in total. The van der Waals surface area contributed by atoms with E-state index in [1.165, 1.54) is 6.34 Å². The topological polar surface area (TPSA) is 153 Å². The smallest absolute Gasteiger partial charge is 0.287 e. The summed E-state index contributed by atoms with van der Waals surface area (Å²) in [5.41, 5.74) is 1.13. The molecule has 1 aromatic heterocycles. The van der Waals surface area contributed by atoms with E-state index in [4.69, 9.17) is 14.6 Å². The highest BCUT2D eigenvalue weighted by atomic mass is 16.5. The largest absolute Gasteiger partial charge is 0.495 e. The molecule has 2 amide bonds. The Morgan fingerprint density at radius 3 is 2.42 bits per heavy atom. The fourth-order valence-electron chi connectivity index (χ4n) is 5.20. The van der Waals surface area contributed by atoms with Crippen molar-refractivity contribution < 1.29 is 18.7 Å². The minimum absolute atomic E-state index is 0.132. The van der Waals surface area contributed by atoms with Crippen LogP contribution >= 0.6 is 0 Å². The molecule has 0 radical (unpaired) electrons. The highest BCUT2D eigenvalue weighted by molar-refractivity contribution is 6.01. The van der Waals surface area contributed by atoms with Gasteiger partial charge in [0.1, 0.15) is 28.7 Å². The molecule has 2 aliphatic carbocycles. The molecule has 5 rings (SSSR count). The van der Waals surface area contributed by atoms with E-state index >= 15 is 0 Å². The number of ether oxygens (including phenoxy) is 1. The first kappa shape index (κ1) is 26.9. The van der Waals surface area contributed by atoms with Crippen LogP contribution in [0.25, 0.3) is 22.1 Å². The molecule has 2 saturated carbocycles. The predicted octanol–water partition coefficient (Wildman–Crippen LogP) is 5.15. The van der Waals surface area contributed by atoms with Gasteiger partial charge >= 0.3 is 0 Å². The number of nitrogens with zero attached hydrogens (tertiary/aromatic N) is 2. The normalized spacial score (nSPS) is 17.4. The number of methoxy groups -OCH3 is 1. The molecular formula is C30H32N6O4. The maximum atomic E-state index is 13.4. The molecule has 0 saturated heterocycles. The van der Waals surface area contributed by atoms with Crippen molar-refractivity contribution in [3.05, 3.63) is 48.2 Å². The van der Waals surface area contributed by atoms with Gasteiger partial charge in [-0.2, -0.15) is 5.26 Å². The van der Waals surface area contributed by atoms with Gasteiger partial charge in [-0.25, -0.2) is 4.99 Å². The van der Waals surface area contributed by atoms with Crippen LogP contribution in [-0.4, -0.2) is 42.7 Å². The number of rotatable bonds is 9. The van der Waals surface area contributed by atoms with Gasteiger partial charge in [-0.05, 0) is 61.1 Å². The van der Waals surface area contributed by atoms with Gasteiger partial charge in [0.2, 0.25) is 5.91 Å². The minimum Gasteiger partial charge on any atom is -0.495 e. The van der Waals surface area contributed by atoms with E-state index in [-0.39, 0.29) is 11.7 Å². The Morgan fingerprint density at radius 1 is 1.02 bits per heavy atom. The summed E-state index contributed by atoms with van der Waals surface area (Å²) in [7, 11) is 1.57. The Balaban J connectivity index is 1.38. The van der Waals surface area contributed by atoms with Crippen LogP contribution in [0.2, 0.25) is 0 Å². The van der Waals surface area contributed by atoms with Crippen LogP contribution in [0.15, 0.2) is 51.9 Å². The van der Waals surface area contributed by atoms with Crippen LogP contribution in [0, 0.1) is 16.7 Å². The quantitative estimate of drug-likeness (QED) is 0.167. The van der Waals surface area contributed by atoms with Crippen molar-refractivity contribution in [1.82, 2.24) is 10.6 Å². The Hall–Kier alpha value is -4.65. The number of furan rings is 1. The third kappa shape index (κ3) is 5.54. The van der Waals surface area contributed by atoms with Gasteiger partial charge in [-0.1, -0.05) is 43.9 Å². The number of benzene rings is 2. The lowest BCUT2D eigenvalue weighted by atomic mass is 9.88. The number of nitriles is 1. The van der Waals surface area contributed by atoms with Crippen molar-refractivity contribution in [2.45, 2.75) is 62.4 Å². The fraction of sp³-hybridized carbons (Fsp3) is 0.367. The zero-order valence-electron chi connectivity index (χ0n) is 22.4. The first-order valence-electron chi connectivity index (χ1n) is 13.5. The number of hydrogen-bond acceptors (Lipinski definition) is 6. The first-order chi connectivity index (χ1) is 19.4. The third-order valence-corrected chi connectivity index (χ3v) is 7.71. The second-order valence-electron chi connectivity index (χ2n) is 10.4. The number of nitrogens with one attached hydrogen (secondary N) is 4. The van der Waals surface area contributed by atoms with Crippen LogP contribution in [0.4, 0.5) is 5.69 Å². The number of amides is 2. The summed E-state index contributed by atoms with van der Waals surface area (Å²) in [6, 6.07) is 15.2. The van der Waals surface area contributed by atoms with E-state index < -0.39 is 17.0 Å². The third-order valence-electron chi connectivity index (χ3n) is 7.71. The van der Waals surface area contributed by atoms with Crippen LogP contribution in [0.1, 0.15) is 61.9 Å². The Kier molecular flexibility index (Phi) is 7.56. The number of hydrogen-bond donors (Lipinski definition) is 4. The monoisotopic (exact) mass is 540 g/mol. The van der Waals surface area contributed by atoms with Gasteiger partial charge in [0.25, 0.3) is 5.91 Å². The second-order valence-corrected chi connectivity index (χ2v) is 10.4. The standard InChI is InChI=1S/C30H32N6O4/c1-39-25-15-21(8-9-23(25)34-19-33-18-32)20-6-7-22-16-26(40-24(22)14-20)27(37)35-30(10-4-2-3-5-11-30)28(38)36-29(17-31)12-13-29/h6-9,14-16,18-19H,2-5,10-13H2,1H3,(H,35,37)(H,36,38)(H2,32,33,34). The molecule has 3 aromatic rings. The molecule has 2 aliphatic rings. The number of carbonyl (C=O) groups is 2. The number of fused-ring (bicyclic) bond motifs is 1. The van der Waals surface area contributed by atoms with Crippen molar-refractivity contribution in [3.8, 4) is 22.9 Å². The number of carbonyl (C=O) groups excluding carboxylic acids is 2. The van der Waals surface area contributed by atoms with E-state index in [0.29, 0.717) is 42.7 Å². The maximum absolute atomic E-state index is 13.4. The van der Waals surface area contributed by atoms with Crippen molar-refractivity contribution >= 4 is 41.1 Å². The lowest BCUT2D eigenvalue weighted by Gasteiger charge is -2.33. The lowest BCUT2D eigenvalue weighted by molar-refractivity contribution is -0.128. The summed E-state index contributed by atoms with van der Waals surface area (Å²) in [5, 5.41) is 26.2. The summed E-state index contributed by atoms with van der Waals surface area (Å²) >= 11 is 0. The van der Waals surface area contributed by atoms with Crippen LogP contribution < -0.4 is 20.7 Å². The average molecular weight is 541 g/mol. The molecule has 10 nitrogen and oxygen atoms in total. The number of aliphatic imine (C=N–C) groups is 1. The predicted molar refractivity (Wildman–Crippen MR) is 153 cm³/mol. The van der Waals surface area contributed by atoms with Gasteiger partial charge < -0.3 is 25.1 Å². The lowest BCUT2D eigenvalue weighted by Crippen LogP contribution is -2.60. The van der Waals surface area contributed by atoms with Crippen LogP contribution in [0.5, 0.6) is 5.75 Å². The molecule has 0 aliphatic heterocycles. The Labute approximate surface area is 232 Å². The van der Waals surface area contributed by atoms with Crippen molar-refractivity contribution in [2.24, 2.45) is 4.99 Å². The van der Waals surface area contributed by atoms with E-state index in [1.807, 2.05) is 36.4 Å². The molecule has 1 heterocycles. The summed E-state index contributed by atoms with van der Waals surface area (Å²) in [5.74, 6) is 0.00830. The average Bonchev–Trinajstić information content (AvgIpc) is 3.67. The SMILES string of the molecule is COc1cc(-c2ccc3cc(C(=O)NC4(C(=O)NC5(C#N)CC5)CCCCCC4)oc3c2)ccc1N/C=N\C=N. The van der Waals surface area contributed by atoms with Gasteiger partial charge in [0.15, 0.2) is 5.76 Å². The fourth-order valence-corrected chi connectivity index (χ4v) is 5.20. The van der Waals surface area contributed by atoms with E-state index in [0.717, 1.165) is 48.5 Å². The summed E-state index contributed by atoms with van der Waals surface area (Å²) in [4.78, 5) is 30.6. The van der Waals surface area contributed by atoms with Gasteiger partial charge in [-0.3, -0.25) is 15.0 Å². The highest BCUT2D eigenvalue weighted by Crippen LogP contribution is 2.37. The number of anilines is 1. The Bertz CT molecular complexity index is 1510.